The molecule has 0 saturated heterocycles. The van der Waals surface area contributed by atoms with Crippen molar-refractivity contribution in [3.63, 3.8) is 0 Å². The molecule has 26 heavy (non-hydrogen) atoms. The summed E-state index contributed by atoms with van der Waals surface area (Å²) in [5, 5.41) is 8.37. The van der Waals surface area contributed by atoms with E-state index in [1.54, 1.807) is 24.3 Å². The lowest BCUT2D eigenvalue weighted by atomic mass is 10.1. The van der Waals surface area contributed by atoms with Crippen molar-refractivity contribution in [2.75, 3.05) is 16.0 Å². The highest BCUT2D eigenvalue weighted by Crippen LogP contribution is 2.21. The van der Waals surface area contributed by atoms with E-state index < -0.39 is 0 Å². The van der Waals surface area contributed by atoms with Crippen LogP contribution in [0, 0.1) is 6.92 Å². The van der Waals surface area contributed by atoms with Gasteiger partial charge in [0.05, 0.1) is 0 Å². The van der Waals surface area contributed by atoms with E-state index in [1.807, 2.05) is 38.1 Å². The van der Waals surface area contributed by atoms with Gasteiger partial charge in [-0.25, -0.2) is 4.79 Å². The molecule has 0 aliphatic heterocycles. The summed E-state index contributed by atoms with van der Waals surface area (Å²) in [6.45, 7) is 3.77. The molecule has 7 heteroatoms. The van der Waals surface area contributed by atoms with Crippen LogP contribution in [0.2, 0.25) is 0 Å². The Morgan fingerprint density at radius 3 is 2.31 bits per heavy atom. The molecule has 0 bridgehead atoms. The Hall–Kier alpha value is -2.57. The van der Waals surface area contributed by atoms with Crippen molar-refractivity contribution in [1.29, 1.82) is 0 Å². The van der Waals surface area contributed by atoms with Crippen LogP contribution in [0.4, 0.5) is 21.9 Å². The maximum absolute atomic E-state index is 12.1. The van der Waals surface area contributed by atoms with E-state index in [0.717, 1.165) is 5.56 Å². The summed E-state index contributed by atoms with van der Waals surface area (Å²) in [7, 11) is 0. The maximum Gasteiger partial charge on any atom is 0.323 e. The molecule has 0 heterocycles. The second-order valence-corrected chi connectivity index (χ2v) is 6.04. The molecule has 2 aromatic carbocycles. The molecule has 0 fully saturated rings. The molecule has 0 saturated carbocycles. The Morgan fingerprint density at radius 2 is 1.65 bits per heavy atom. The Kier molecular flexibility index (Phi) is 8.61. The van der Waals surface area contributed by atoms with Crippen LogP contribution in [-0.2, 0) is 4.79 Å². The topological polar surface area (TPSA) is 96.2 Å². The fourth-order valence-electron chi connectivity index (χ4n) is 2.22. The minimum absolute atomic E-state index is 0. The van der Waals surface area contributed by atoms with E-state index in [0.29, 0.717) is 29.9 Å². The van der Waals surface area contributed by atoms with Gasteiger partial charge < -0.3 is 21.7 Å². The number of rotatable bonds is 6. The summed E-state index contributed by atoms with van der Waals surface area (Å²) >= 11 is 0. The van der Waals surface area contributed by atoms with E-state index in [4.69, 9.17) is 5.73 Å². The van der Waals surface area contributed by atoms with Crippen molar-refractivity contribution in [3.05, 3.63) is 54.1 Å². The number of anilines is 3. The molecule has 0 aliphatic carbocycles. The zero-order valence-electron chi connectivity index (χ0n) is 14.9. The molecule has 1 atom stereocenters. The predicted octanol–water partition coefficient (Wildman–Crippen LogP) is 4.13. The third kappa shape index (κ3) is 7.13. The monoisotopic (exact) mass is 376 g/mol. The number of hydrogen-bond donors (Lipinski definition) is 4. The van der Waals surface area contributed by atoms with Gasteiger partial charge in [-0.2, -0.15) is 0 Å². The van der Waals surface area contributed by atoms with Crippen LogP contribution in [0.3, 0.4) is 0 Å². The number of aryl methyl sites for hydroxylation is 1. The highest BCUT2D eigenvalue weighted by atomic mass is 35.5. The molecule has 140 valence electrons. The largest absolute Gasteiger partial charge is 0.328 e. The number of halogens is 1. The second kappa shape index (κ2) is 10.4. The van der Waals surface area contributed by atoms with Crippen LogP contribution < -0.4 is 21.7 Å². The third-order valence-electron chi connectivity index (χ3n) is 3.63. The molecule has 1 unspecified atom stereocenters. The molecular formula is C19H25ClN4O2. The average molecular weight is 377 g/mol. The maximum atomic E-state index is 12.1. The first kappa shape index (κ1) is 21.5. The molecule has 5 N–H and O–H groups in total. The smallest absolute Gasteiger partial charge is 0.323 e. The zero-order chi connectivity index (χ0) is 18.2. The van der Waals surface area contributed by atoms with Gasteiger partial charge >= 0.3 is 6.03 Å². The Labute approximate surface area is 160 Å². The van der Waals surface area contributed by atoms with Crippen molar-refractivity contribution >= 4 is 41.4 Å². The number of urea groups is 1. The van der Waals surface area contributed by atoms with Gasteiger partial charge in [-0.15, -0.1) is 12.4 Å². The summed E-state index contributed by atoms with van der Waals surface area (Å²) in [5.74, 6) is -0.0914. The minimum Gasteiger partial charge on any atom is -0.328 e. The molecule has 0 aliphatic rings. The number of carbonyl (C=O) groups is 2. The van der Waals surface area contributed by atoms with Gasteiger partial charge in [0.25, 0.3) is 0 Å². The van der Waals surface area contributed by atoms with Gasteiger partial charge in [0, 0.05) is 29.5 Å². The summed E-state index contributed by atoms with van der Waals surface area (Å²) in [4.78, 5) is 24.0. The average Bonchev–Trinajstić information content (AvgIpc) is 2.57. The molecule has 0 spiro atoms. The summed E-state index contributed by atoms with van der Waals surface area (Å²) in [5.41, 5.74) is 8.57. The predicted molar refractivity (Wildman–Crippen MR) is 109 cm³/mol. The first-order valence-corrected chi connectivity index (χ1v) is 8.23. The summed E-state index contributed by atoms with van der Waals surface area (Å²) in [6.07, 6.45) is 0.992. The normalized spacial score (nSPS) is 11.0. The Balaban J connectivity index is 0.00000338. The van der Waals surface area contributed by atoms with E-state index in [9.17, 15) is 9.59 Å². The second-order valence-electron chi connectivity index (χ2n) is 6.04. The Morgan fingerprint density at radius 1 is 1.00 bits per heavy atom. The lowest BCUT2D eigenvalue weighted by Gasteiger charge is -2.12. The number of carbonyl (C=O) groups excluding carboxylic acids is 2. The fourth-order valence-corrected chi connectivity index (χ4v) is 2.22. The molecule has 0 aromatic heterocycles. The van der Waals surface area contributed by atoms with Crippen LogP contribution in [0.25, 0.3) is 0 Å². The van der Waals surface area contributed by atoms with Gasteiger partial charge in [-0.05, 0) is 50.1 Å². The standard InChI is InChI=1S/C19H24N4O2.ClH/c1-13-8-10-16(12-17(13)23-18(24)11-9-14(2)20)22-19(25)21-15-6-4-3-5-7-15;/h3-8,10,12,14H,9,11,20H2,1-2H3,(H,23,24)(H2,21,22,25);1H. The van der Waals surface area contributed by atoms with Crippen molar-refractivity contribution in [1.82, 2.24) is 0 Å². The number of nitrogens with two attached hydrogens (primary N) is 1. The fraction of sp³-hybridized carbons (Fsp3) is 0.263. The van der Waals surface area contributed by atoms with Gasteiger partial charge in [-0.3, -0.25) is 4.79 Å². The molecule has 2 rings (SSSR count). The van der Waals surface area contributed by atoms with Crippen molar-refractivity contribution in [3.8, 4) is 0 Å². The van der Waals surface area contributed by atoms with Crippen LogP contribution in [0.5, 0.6) is 0 Å². The van der Waals surface area contributed by atoms with E-state index >= 15 is 0 Å². The van der Waals surface area contributed by atoms with Crippen LogP contribution in [0.15, 0.2) is 48.5 Å². The zero-order valence-corrected chi connectivity index (χ0v) is 15.7. The van der Waals surface area contributed by atoms with Crippen molar-refractivity contribution in [2.24, 2.45) is 5.73 Å². The molecule has 3 amide bonds. The van der Waals surface area contributed by atoms with Crippen LogP contribution in [-0.4, -0.2) is 18.0 Å². The van der Waals surface area contributed by atoms with Crippen LogP contribution in [0.1, 0.15) is 25.3 Å². The number of benzene rings is 2. The van der Waals surface area contributed by atoms with Crippen LogP contribution >= 0.6 is 12.4 Å². The molecule has 2 aromatic rings. The SMILES string of the molecule is Cc1ccc(NC(=O)Nc2ccccc2)cc1NC(=O)CCC(C)N.Cl. The first-order valence-electron chi connectivity index (χ1n) is 8.23. The molecule has 0 radical (unpaired) electrons. The lowest BCUT2D eigenvalue weighted by Crippen LogP contribution is -2.21. The van der Waals surface area contributed by atoms with Gasteiger partial charge in [0.1, 0.15) is 0 Å². The number of para-hydroxylation sites is 1. The van der Waals surface area contributed by atoms with E-state index in [2.05, 4.69) is 16.0 Å². The van der Waals surface area contributed by atoms with Crippen molar-refractivity contribution in [2.45, 2.75) is 32.7 Å². The number of nitrogens with one attached hydrogen (secondary N) is 3. The highest BCUT2D eigenvalue weighted by molar-refractivity contribution is 6.00. The van der Waals surface area contributed by atoms with E-state index in [1.165, 1.54) is 0 Å². The number of amides is 3. The van der Waals surface area contributed by atoms with Gasteiger partial charge in [0.2, 0.25) is 5.91 Å². The Bertz CT molecular complexity index is 736. The first-order chi connectivity index (χ1) is 11.9. The quantitative estimate of drug-likeness (QED) is 0.610. The molecule has 6 nitrogen and oxygen atoms in total. The summed E-state index contributed by atoms with van der Waals surface area (Å²) in [6, 6.07) is 14.2. The minimum atomic E-state index is -0.343. The van der Waals surface area contributed by atoms with Gasteiger partial charge in [0.15, 0.2) is 0 Å². The van der Waals surface area contributed by atoms with Gasteiger partial charge in [-0.1, -0.05) is 24.3 Å². The lowest BCUT2D eigenvalue weighted by molar-refractivity contribution is -0.116. The third-order valence-corrected chi connectivity index (χ3v) is 3.63. The summed E-state index contributed by atoms with van der Waals surface area (Å²) < 4.78 is 0. The van der Waals surface area contributed by atoms with E-state index in [-0.39, 0.29) is 30.4 Å². The number of hydrogen-bond acceptors (Lipinski definition) is 3. The van der Waals surface area contributed by atoms with Crippen molar-refractivity contribution < 1.29 is 9.59 Å². The highest BCUT2D eigenvalue weighted by Gasteiger charge is 2.09. The molecular weight excluding hydrogens is 352 g/mol.